The molecule has 5 heteroatoms. The van der Waals surface area contributed by atoms with Crippen molar-refractivity contribution in [3.8, 4) is 0 Å². The van der Waals surface area contributed by atoms with Crippen molar-refractivity contribution in [2.75, 3.05) is 13.1 Å². The van der Waals surface area contributed by atoms with Crippen LogP contribution >= 0.6 is 0 Å². The molecule has 0 unspecified atom stereocenters. The number of carbonyl (C=O) groups excluding carboxylic acids is 1. The highest BCUT2D eigenvalue weighted by Gasteiger charge is 2.25. The SMILES string of the molecule is Cc1cc(C(=O)N2CCCC2)n2nc(C(C)(C)C)cc2n1. The van der Waals surface area contributed by atoms with E-state index in [2.05, 4.69) is 30.9 Å². The summed E-state index contributed by atoms with van der Waals surface area (Å²) in [6.45, 7) is 9.95. The highest BCUT2D eigenvalue weighted by molar-refractivity contribution is 5.93. The topological polar surface area (TPSA) is 50.5 Å². The molecule has 1 aliphatic heterocycles. The van der Waals surface area contributed by atoms with Gasteiger partial charge in [-0.2, -0.15) is 5.10 Å². The molecule has 1 amide bonds. The van der Waals surface area contributed by atoms with Crippen LogP contribution in [0.4, 0.5) is 0 Å². The van der Waals surface area contributed by atoms with Crippen LogP contribution in [0.3, 0.4) is 0 Å². The minimum Gasteiger partial charge on any atom is -0.337 e. The van der Waals surface area contributed by atoms with Crippen molar-refractivity contribution in [3.63, 3.8) is 0 Å². The summed E-state index contributed by atoms with van der Waals surface area (Å²) in [7, 11) is 0. The van der Waals surface area contributed by atoms with E-state index in [1.54, 1.807) is 4.52 Å². The molecule has 2 aromatic rings. The second-order valence-corrected chi connectivity index (χ2v) is 6.83. The molecule has 3 heterocycles. The molecular formula is C16H22N4O. The van der Waals surface area contributed by atoms with Gasteiger partial charge in [-0.1, -0.05) is 20.8 Å². The highest BCUT2D eigenvalue weighted by Crippen LogP contribution is 2.23. The molecule has 0 radical (unpaired) electrons. The fourth-order valence-electron chi connectivity index (χ4n) is 2.70. The van der Waals surface area contributed by atoms with Gasteiger partial charge in [-0.05, 0) is 25.8 Å². The average Bonchev–Trinajstić information content (AvgIpc) is 3.04. The summed E-state index contributed by atoms with van der Waals surface area (Å²) in [5.41, 5.74) is 3.12. The van der Waals surface area contributed by atoms with Crippen LogP contribution < -0.4 is 0 Å². The lowest BCUT2D eigenvalue weighted by Crippen LogP contribution is -2.29. The maximum atomic E-state index is 12.7. The van der Waals surface area contributed by atoms with E-state index in [0.717, 1.165) is 43.0 Å². The fourth-order valence-corrected chi connectivity index (χ4v) is 2.70. The Balaban J connectivity index is 2.12. The molecular weight excluding hydrogens is 264 g/mol. The first-order valence-corrected chi connectivity index (χ1v) is 7.53. The first-order valence-electron chi connectivity index (χ1n) is 7.53. The molecule has 0 atom stereocenters. The Morgan fingerprint density at radius 3 is 2.48 bits per heavy atom. The summed E-state index contributed by atoms with van der Waals surface area (Å²) in [5, 5.41) is 4.62. The zero-order chi connectivity index (χ0) is 15.2. The zero-order valence-corrected chi connectivity index (χ0v) is 13.2. The lowest BCUT2D eigenvalue weighted by Gasteiger charge is -2.16. The summed E-state index contributed by atoms with van der Waals surface area (Å²) < 4.78 is 1.70. The van der Waals surface area contributed by atoms with E-state index in [4.69, 9.17) is 0 Å². The Labute approximate surface area is 125 Å². The van der Waals surface area contributed by atoms with Crippen LogP contribution in [-0.4, -0.2) is 38.5 Å². The maximum absolute atomic E-state index is 12.7. The molecule has 0 aromatic carbocycles. The average molecular weight is 286 g/mol. The number of aryl methyl sites for hydroxylation is 1. The number of rotatable bonds is 1. The molecule has 0 aliphatic carbocycles. The number of fused-ring (bicyclic) bond motifs is 1. The van der Waals surface area contributed by atoms with Crippen molar-refractivity contribution in [3.05, 3.63) is 29.2 Å². The Bertz CT molecular complexity index is 690. The summed E-state index contributed by atoms with van der Waals surface area (Å²) in [6.07, 6.45) is 2.18. The van der Waals surface area contributed by atoms with Gasteiger partial charge in [-0.3, -0.25) is 4.79 Å². The predicted octanol–water partition coefficient (Wildman–Crippen LogP) is 2.57. The van der Waals surface area contributed by atoms with Crippen molar-refractivity contribution >= 4 is 11.6 Å². The van der Waals surface area contributed by atoms with Crippen molar-refractivity contribution in [1.29, 1.82) is 0 Å². The molecule has 0 bridgehead atoms. The first-order chi connectivity index (χ1) is 9.86. The van der Waals surface area contributed by atoms with Crippen LogP contribution in [0.1, 0.15) is 55.5 Å². The third kappa shape index (κ3) is 2.52. The van der Waals surface area contributed by atoms with E-state index in [0.29, 0.717) is 5.69 Å². The smallest absolute Gasteiger partial charge is 0.272 e. The van der Waals surface area contributed by atoms with Crippen LogP contribution in [0.25, 0.3) is 5.65 Å². The number of hydrogen-bond acceptors (Lipinski definition) is 3. The van der Waals surface area contributed by atoms with Crippen molar-refractivity contribution in [2.45, 2.75) is 46.0 Å². The number of aromatic nitrogens is 3. The Morgan fingerprint density at radius 2 is 1.86 bits per heavy atom. The lowest BCUT2D eigenvalue weighted by molar-refractivity contribution is 0.0783. The Hall–Kier alpha value is -1.91. The Kier molecular flexibility index (Phi) is 3.23. The van der Waals surface area contributed by atoms with Gasteiger partial charge < -0.3 is 4.90 Å². The van der Waals surface area contributed by atoms with E-state index >= 15 is 0 Å². The molecule has 0 spiro atoms. The largest absolute Gasteiger partial charge is 0.337 e. The van der Waals surface area contributed by atoms with Gasteiger partial charge in [0.1, 0.15) is 5.69 Å². The molecule has 21 heavy (non-hydrogen) atoms. The number of nitrogens with zero attached hydrogens (tertiary/aromatic N) is 4. The molecule has 0 N–H and O–H groups in total. The van der Waals surface area contributed by atoms with Gasteiger partial charge in [0.2, 0.25) is 0 Å². The summed E-state index contributed by atoms with van der Waals surface area (Å²) in [5.74, 6) is 0.0616. The summed E-state index contributed by atoms with van der Waals surface area (Å²) in [4.78, 5) is 19.1. The molecule has 3 rings (SSSR count). The van der Waals surface area contributed by atoms with Gasteiger partial charge in [-0.15, -0.1) is 0 Å². The second-order valence-electron chi connectivity index (χ2n) is 6.83. The number of amides is 1. The molecule has 1 saturated heterocycles. The van der Waals surface area contributed by atoms with Crippen molar-refractivity contribution in [2.24, 2.45) is 0 Å². The predicted molar refractivity (Wildman–Crippen MR) is 81.6 cm³/mol. The first kappa shape index (κ1) is 14.0. The molecule has 1 fully saturated rings. The number of likely N-dealkylation sites (tertiary alicyclic amines) is 1. The van der Waals surface area contributed by atoms with Gasteiger partial charge in [0.15, 0.2) is 5.65 Å². The second kappa shape index (κ2) is 4.83. The van der Waals surface area contributed by atoms with E-state index < -0.39 is 0 Å². The normalized spacial score (nSPS) is 15.9. The molecule has 5 nitrogen and oxygen atoms in total. The summed E-state index contributed by atoms with van der Waals surface area (Å²) >= 11 is 0. The monoisotopic (exact) mass is 286 g/mol. The van der Waals surface area contributed by atoms with Crippen LogP contribution in [0.15, 0.2) is 12.1 Å². The van der Waals surface area contributed by atoms with Crippen molar-refractivity contribution in [1.82, 2.24) is 19.5 Å². The third-order valence-corrected chi connectivity index (χ3v) is 3.94. The lowest BCUT2D eigenvalue weighted by atomic mass is 9.93. The zero-order valence-electron chi connectivity index (χ0n) is 13.2. The molecule has 2 aromatic heterocycles. The summed E-state index contributed by atoms with van der Waals surface area (Å²) in [6, 6.07) is 3.82. The van der Waals surface area contributed by atoms with Crippen LogP contribution in [0.5, 0.6) is 0 Å². The van der Waals surface area contributed by atoms with Gasteiger partial charge >= 0.3 is 0 Å². The van der Waals surface area contributed by atoms with Crippen molar-refractivity contribution < 1.29 is 4.79 Å². The van der Waals surface area contributed by atoms with Gasteiger partial charge in [0.05, 0.1) is 5.69 Å². The van der Waals surface area contributed by atoms with Gasteiger partial charge in [0.25, 0.3) is 5.91 Å². The minimum absolute atomic E-state index is 0.0600. The third-order valence-electron chi connectivity index (χ3n) is 3.94. The highest BCUT2D eigenvalue weighted by atomic mass is 16.2. The quantitative estimate of drug-likeness (QED) is 0.809. The van der Waals surface area contributed by atoms with Crippen LogP contribution in [0.2, 0.25) is 0 Å². The van der Waals surface area contributed by atoms with E-state index in [9.17, 15) is 4.79 Å². The fraction of sp³-hybridized carbons (Fsp3) is 0.562. The standard InChI is InChI=1S/C16H22N4O/c1-11-9-12(15(21)19-7-5-6-8-19)20-14(17-11)10-13(18-20)16(2,3)4/h9-10H,5-8H2,1-4H3. The number of carbonyl (C=O) groups is 1. The Morgan fingerprint density at radius 1 is 1.19 bits per heavy atom. The van der Waals surface area contributed by atoms with E-state index in [1.807, 2.05) is 24.0 Å². The molecule has 112 valence electrons. The van der Waals surface area contributed by atoms with Crippen LogP contribution in [0, 0.1) is 6.92 Å². The molecule has 0 saturated carbocycles. The van der Waals surface area contributed by atoms with Crippen LogP contribution in [-0.2, 0) is 5.41 Å². The molecule has 1 aliphatic rings. The van der Waals surface area contributed by atoms with E-state index in [-0.39, 0.29) is 11.3 Å². The van der Waals surface area contributed by atoms with Gasteiger partial charge in [-0.25, -0.2) is 9.50 Å². The van der Waals surface area contributed by atoms with Gasteiger partial charge in [0, 0.05) is 30.3 Å². The van der Waals surface area contributed by atoms with E-state index in [1.165, 1.54) is 0 Å². The number of hydrogen-bond donors (Lipinski definition) is 0. The maximum Gasteiger partial charge on any atom is 0.272 e. The minimum atomic E-state index is -0.0600.